The quantitative estimate of drug-likeness (QED) is 0.633. The van der Waals surface area contributed by atoms with E-state index in [-0.39, 0.29) is 6.61 Å². The normalized spacial score (nSPS) is 16.5. The number of anilines is 1. The number of ether oxygens (including phenoxy) is 1. The summed E-state index contributed by atoms with van der Waals surface area (Å²) in [7, 11) is 0. The molecule has 1 atom stereocenters. The first-order chi connectivity index (χ1) is 13.6. The van der Waals surface area contributed by atoms with Gasteiger partial charge in [-0.25, -0.2) is 4.98 Å². The van der Waals surface area contributed by atoms with Gasteiger partial charge < -0.3 is 29.8 Å². The van der Waals surface area contributed by atoms with Gasteiger partial charge in [0.15, 0.2) is 11.4 Å². The predicted molar refractivity (Wildman–Crippen MR) is 109 cm³/mol. The van der Waals surface area contributed by atoms with Crippen molar-refractivity contribution in [2.75, 3.05) is 44.2 Å². The third kappa shape index (κ3) is 3.96. The van der Waals surface area contributed by atoms with Crippen molar-refractivity contribution < 1.29 is 14.3 Å². The second-order valence-electron chi connectivity index (χ2n) is 6.99. The maximum Gasteiger partial charge on any atom is 0.176 e. The first kappa shape index (κ1) is 18.7. The first-order valence-corrected chi connectivity index (χ1v) is 9.66. The third-order valence-electron chi connectivity index (χ3n) is 5.11. The lowest BCUT2D eigenvalue weighted by molar-refractivity contribution is 0.113. The van der Waals surface area contributed by atoms with E-state index in [4.69, 9.17) is 25.0 Å². The van der Waals surface area contributed by atoms with E-state index in [9.17, 15) is 0 Å². The smallest absolute Gasteiger partial charge is 0.176 e. The molecule has 1 aliphatic rings. The fourth-order valence-electron chi connectivity index (χ4n) is 3.50. The summed E-state index contributed by atoms with van der Waals surface area (Å²) in [5.74, 6) is 1.56. The maximum absolute atomic E-state index is 9.14. The van der Waals surface area contributed by atoms with Crippen LogP contribution in [-0.4, -0.2) is 60.5 Å². The number of likely N-dealkylation sites (N-methyl/N-ethyl adjacent to an activating group) is 1. The van der Waals surface area contributed by atoms with Gasteiger partial charge in [-0.1, -0.05) is 6.92 Å². The molecule has 0 radical (unpaired) electrons. The number of fused-ring (bicyclic) bond motifs is 1. The number of benzene rings is 1. The average molecular weight is 382 g/mol. The number of hydrogen-bond acceptors (Lipinski definition) is 7. The number of nitrogens with zero attached hydrogens (tertiary/aromatic N) is 3. The molecule has 148 valence electrons. The van der Waals surface area contributed by atoms with Crippen LogP contribution in [0.2, 0.25) is 0 Å². The fraction of sp³-hybridized carbons (Fsp3) is 0.381. The Kier molecular flexibility index (Phi) is 5.47. The number of aliphatic hydroxyl groups excluding tert-OH is 1. The van der Waals surface area contributed by atoms with Gasteiger partial charge in [-0.15, -0.1) is 0 Å². The average Bonchev–Trinajstić information content (AvgIpc) is 3.21. The van der Waals surface area contributed by atoms with Gasteiger partial charge >= 0.3 is 0 Å². The van der Waals surface area contributed by atoms with Crippen LogP contribution < -0.4 is 15.4 Å². The molecule has 4 rings (SSSR count). The van der Waals surface area contributed by atoms with E-state index in [0.29, 0.717) is 5.75 Å². The number of aliphatic hydroxyl groups is 1. The second kappa shape index (κ2) is 8.18. The highest BCUT2D eigenvalue weighted by Crippen LogP contribution is 2.32. The Morgan fingerprint density at radius 1 is 1.18 bits per heavy atom. The number of rotatable bonds is 6. The van der Waals surface area contributed by atoms with Crippen molar-refractivity contribution in [3.63, 3.8) is 0 Å². The molecule has 28 heavy (non-hydrogen) atoms. The molecular weight excluding hydrogens is 356 g/mol. The summed E-state index contributed by atoms with van der Waals surface area (Å²) in [4.78, 5) is 9.68. The molecule has 7 nitrogen and oxygen atoms in total. The number of pyridine rings is 1. The second-order valence-corrected chi connectivity index (χ2v) is 6.99. The summed E-state index contributed by atoms with van der Waals surface area (Å²) in [6, 6.07) is 11.7. The monoisotopic (exact) mass is 382 g/mol. The molecule has 0 amide bonds. The molecule has 1 aromatic carbocycles. The van der Waals surface area contributed by atoms with E-state index in [0.717, 1.165) is 60.8 Å². The minimum atomic E-state index is -0.986. The zero-order valence-electron chi connectivity index (χ0n) is 16.0. The highest BCUT2D eigenvalue weighted by atomic mass is 16.5. The van der Waals surface area contributed by atoms with Crippen molar-refractivity contribution in [2.24, 2.45) is 5.73 Å². The molecule has 3 aromatic rings. The summed E-state index contributed by atoms with van der Waals surface area (Å²) in [6.07, 6.45) is 0.734. The maximum atomic E-state index is 9.14. The molecule has 0 saturated carbocycles. The van der Waals surface area contributed by atoms with Crippen LogP contribution in [0.3, 0.4) is 0 Å². The van der Waals surface area contributed by atoms with Crippen LogP contribution in [0, 0.1) is 0 Å². The Morgan fingerprint density at radius 3 is 2.61 bits per heavy atom. The van der Waals surface area contributed by atoms with Crippen LogP contribution in [0.4, 0.5) is 5.82 Å². The van der Waals surface area contributed by atoms with E-state index in [2.05, 4.69) is 16.7 Å². The summed E-state index contributed by atoms with van der Waals surface area (Å²) >= 11 is 0. The van der Waals surface area contributed by atoms with E-state index >= 15 is 0 Å². The molecule has 0 aliphatic carbocycles. The zero-order valence-corrected chi connectivity index (χ0v) is 16.0. The number of nitrogens with two attached hydrogens (primary N) is 1. The van der Waals surface area contributed by atoms with Gasteiger partial charge in [-0.05, 0) is 42.9 Å². The molecule has 3 heterocycles. The van der Waals surface area contributed by atoms with Crippen LogP contribution in [0.5, 0.6) is 5.75 Å². The largest absolute Gasteiger partial charge is 0.489 e. The van der Waals surface area contributed by atoms with Gasteiger partial charge in [0.05, 0.1) is 12.0 Å². The van der Waals surface area contributed by atoms with Crippen molar-refractivity contribution in [1.82, 2.24) is 9.88 Å². The number of aromatic nitrogens is 1. The minimum Gasteiger partial charge on any atom is -0.489 e. The molecular formula is C21H26N4O3. The summed E-state index contributed by atoms with van der Waals surface area (Å²) in [5, 5.41) is 10.2. The van der Waals surface area contributed by atoms with Crippen molar-refractivity contribution in [1.29, 1.82) is 0 Å². The Bertz CT molecular complexity index is 915. The minimum absolute atomic E-state index is 0.0620. The lowest BCUT2D eigenvalue weighted by Crippen LogP contribution is -2.46. The highest BCUT2D eigenvalue weighted by molar-refractivity contribution is 5.90. The summed E-state index contributed by atoms with van der Waals surface area (Å²) in [6.45, 7) is 7.27. The lowest BCUT2D eigenvalue weighted by Gasteiger charge is -2.34. The van der Waals surface area contributed by atoms with Gasteiger partial charge in [0.25, 0.3) is 0 Å². The van der Waals surface area contributed by atoms with E-state index in [1.807, 2.05) is 36.4 Å². The summed E-state index contributed by atoms with van der Waals surface area (Å²) in [5.41, 5.74) is 8.04. The SMILES string of the molecule is CCN1CCN(c2nc(-c3ccc(OC[C@H](N)O)cc3)cc3ccoc23)CC1. The van der Waals surface area contributed by atoms with Crippen LogP contribution in [-0.2, 0) is 0 Å². The Morgan fingerprint density at radius 2 is 1.93 bits per heavy atom. The number of furan rings is 1. The van der Waals surface area contributed by atoms with E-state index in [1.54, 1.807) is 6.26 Å². The van der Waals surface area contributed by atoms with Gasteiger partial charge in [-0.3, -0.25) is 0 Å². The zero-order chi connectivity index (χ0) is 19.5. The van der Waals surface area contributed by atoms with Crippen LogP contribution in [0.25, 0.3) is 22.2 Å². The Hall–Kier alpha value is -2.61. The lowest BCUT2D eigenvalue weighted by atomic mass is 10.1. The standard InChI is InChI=1S/C21H26N4O3/c1-2-24-8-10-25(11-9-24)21-20-16(7-12-27-20)13-18(23-21)15-3-5-17(6-4-15)28-14-19(22)26/h3-7,12-13,19,26H,2,8-11,14,22H2,1H3/t19-/m1/s1. The molecule has 1 fully saturated rings. The number of piperazine rings is 1. The van der Waals surface area contributed by atoms with Gasteiger partial charge in [-0.2, -0.15) is 0 Å². The van der Waals surface area contributed by atoms with Crippen LogP contribution >= 0.6 is 0 Å². The van der Waals surface area contributed by atoms with Gasteiger partial charge in [0, 0.05) is 37.1 Å². The molecule has 3 N–H and O–H groups in total. The molecule has 0 unspecified atom stereocenters. The molecule has 0 bridgehead atoms. The summed E-state index contributed by atoms with van der Waals surface area (Å²) < 4.78 is 11.2. The van der Waals surface area contributed by atoms with E-state index < -0.39 is 6.23 Å². The van der Waals surface area contributed by atoms with Gasteiger partial charge in [0.1, 0.15) is 18.6 Å². The van der Waals surface area contributed by atoms with Crippen molar-refractivity contribution in [2.45, 2.75) is 13.2 Å². The van der Waals surface area contributed by atoms with Crippen molar-refractivity contribution in [3.05, 3.63) is 42.7 Å². The third-order valence-corrected chi connectivity index (χ3v) is 5.11. The first-order valence-electron chi connectivity index (χ1n) is 9.66. The Labute approximate surface area is 164 Å². The van der Waals surface area contributed by atoms with Gasteiger partial charge in [0.2, 0.25) is 0 Å². The molecule has 2 aromatic heterocycles. The van der Waals surface area contributed by atoms with E-state index in [1.165, 1.54) is 0 Å². The Balaban J connectivity index is 1.61. The fourth-order valence-corrected chi connectivity index (χ4v) is 3.50. The highest BCUT2D eigenvalue weighted by Gasteiger charge is 2.21. The topological polar surface area (TPSA) is 88.0 Å². The number of hydrogen-bond donors (Lipinski definition) is 2. The van der Waals surface area contributed by atoms with Crippen LogP contribution in [0.15, 0.2) is 47.1 Å². The molecule has 1 aliphatic heterocycles. The van der Waals surface area contributed by atoms with Crippen molar-refractivity contribution >= 4 is 16.8 Å². The molecule has 1 saturated heterocycles. The molecule has 0 spiro atoms. The van der Waals surface area contributed by atoms with Crippen molar-refractivity contribution in [3.8, 4) is 17.0 Å². The molecule has 7 heteroatoms. The predicted octanol–water partition coefficient (Wildman–Crippen LogP) is 2.29. The van der Waals surface area contributed by atoms with Crippen LogP contribution in [0.1, 0.15) is 6.92 Å².